The highest BCUT2D eigenvalue weighted by Gasteiger charge is 2.14. The number of esters is 1. The normalized spacial score (nSPS) is 13.1. The fourth-order valence-electron chi connectivity index (χ4n) is 4.39. The molecule has 0 heterocycles. The molecule has 0 fully saturated rings. The summed E-state index contributed by atoms with van der Waals surface area (Å²) in [7, 11) is 0. The number of aliphatic carboxylic acids is 1. The van der Waals surface area contributed by atoms with E-state index in [2.05, 4.69) is 74.6 Å². The largest absolute Gasteiger partial charge is 0.481 e. The Hall–Kier alpha value is -2.36. The van der Waals surface area contributed by atoms with E-state index in [1.54, 1.807) is 0 Å². The fourth-order valence-corrected chi connectivity index (χ4v) is 4.39. The van der Waals surface area contributed by atoms with Crippen LogP contribution in [0.15, 0.2) is 60.8 Å². The molecule has 4 heteroatoms. The molecule has 0 aromatic carbocycles. The van der Waals surface area contributed by atoms with Crippen LogP contribution < -0.4 is 0 Å². The Labute approximate surface area is 246 Å². The SMILES string of the molecule is CC/C=C\C/C=C\C/C=C\C/C=C\C/C=C\CCCC(=O)OC(CCCCCCC)CCCCCCCC(=O)O. The van der Waals surface area contributed by atoms with E-state index in [9.17, 15) is 9.59 Å². The first kappa shape index (κ1) is 37.6. The highest BCUT2D eigenvalue weighted by Crippen LogP contribution is 2.17. The van der Waals surface area contributed by atoms with Crippen LogP contribution in [0.1, 0.15) is 149 Å². The van der Waals surface area contributed by atoms with E-state index >= 15 is 0 Å². The van der Waals surface area contributed by atoms with Crippen molar-refractivity contribution in [3.05, 3.63) is 60.8 Å². The van der Waals surface area contributed by atoms with Crippen LogP contribution in [0, 0.1) is 0 Å². The first-order valence-corrected chi connectivity index (χ1v) is 16.3. The second-order valence-corrected chi connectivity index (χ2v) is 10.6. The summed E-state index contributed by atoms with van der Waals surface area (Å²) in [6, 6.07) is 0. The molecule has 0 aliphatic carbocycles. The Morgan fingerprint density at radius 3 is 1.57 bits per heavy atom. The van der Waals surface area contributed by atoms with E-state index < -0.39 is 5.97 Å². The van der Waals surface area contributed by atoms with Crippen molar-refractivity contribution in [1.82, 2.24) is 0 Å². The molecule has 0 aromatic rings. The molecule has 0 rings (SSSR count). The van der Waals surface area contributed by atoms with Crippen molar-refractivity contribution in [2.24, 2.45) is 0 Å². The van der Waals surface area contributed by atoms with Gasteiger partial charge in [-0.25, -0.2) is 0 Å². The Bertz CT molecular complexity index is 729. The van der Waals surface area contributed by atoms with Gasteiger partial charge in [0.15, 0.2) is 0 Å². The lowest BCUT2D eigenvalue weighted by Crippen LogP contribution is -2.18. The standard InChI is InChI=1S/C36H60O4/c1-3-5-7-9-10-11-12-13-14-15-16-17-18-19-20-25-29-33-36(39)40-34(30-26-22-8-6-4-2)31-27-23-21-24-28-32-35(37)38/h5,7,10-11,13-14,16-17,19-20,34H,3-4,6,8-9,12,15,18,21-33H2,1-2H3,(H,37,38)/b7-5-,11-10-,14-13-,17-16-,20-19-. The minimum atomic E-state index is -0.712. The molecule has 1 N–H and O–H groups in total. The maximum absolute atomic E-state index is 12.5. The zero-order valence-corrected chi connectivity index (χ0v) is 25.9. The smallest absolute Gasteiger partial charge is 0.306 e. The van der Waals surface area contributed by atoms with Crippen molar-refractivity contribution >= 4 is 11.9 Å². The van der Waals surface area contributed by atoms with Gasteiger partial charge in [0.25, 0.3) is 0 Å². The fraction of sp³-hybridized carbons (Fsp3) is 0.667. The molecule has 1 atom stereocenters. The molecule has 0 saturated carbocycles. The molecule has 0 aromatic heterocycles. The molecule has 4 nitrogen and oxygen atoms in total. The van der Waals surface area contributed by atoms with Crippen molar-refractivity contribution in [3.8, 4) is 0 Å². The summed E-state index contributed by atoms with van der Waals surface area (Å²) in [4.78, 5) is 23.1. The van der Waals surface area contributed by atoms with Gasteiger partial charge in [0.1, 0.15) is 6.10 Å². The van der Waals surface area contributed by atoms with Gasteiger partial charge in [-0.3, -0.25) is 9.59 Å². The number of hydrogen-bond donors (Lipinski definition) is 1. The van der Waals surface area contributed by atoms with E-state index in [-0.39, 0.29) is 18.5 Å². The number of allylic oxidation sites excluding steroid dienone is 10. The van der Waals surface area contributed by atoms with Crippen LogP contribution in [-0.4, -0.2) is 23.1 Å². The van der Waals surface area contributed by atoms with Crippen molar-refractivity contribution in [2.75, 3.05) is 0 Å². The molecule has 0 bridgehead atoms. The van der Waals surface area contributed by atoms with Gasteiger partial charge >= 0.3 is 11.9 Å². The summed E-state index contributed by atoms with van der Waals surface area (Å²) in [6.07, 6.45) is 42.4. The molecule has 40 heavy (non-hydrogen) atoms. The third-order valence-corrected chi connectivity index (χ3v) is 6.75. The summed E-state index contributed by atoms with van der Waals surface area (Å²) in [5.74, 6) is -0.774. The molecule has 0 amide bonds. The van der Waals surface area contributed by atoms with Crippen LogP contribution in [0.3, 0.4) is 0 Å². The van der Waals surface area contributed by atoms with Crippen molar-refractivity contribution < 1.29 is 19.4 Å². The Morgan fingerprint density at radius 1 is 0.575 bits per heavy atom. The Morgan fingerprint density at radius 2 is 1.05 bits per heavy atom. The van der Waals surface area contributed by atoms with Gasteiger partial charge in [0, 0.05) is 12.8 Å². The molecule has 0 radical (unpaired) electrons. The second kappa shape index (κ2) is 31.2. The lowest BCUT2D eigenvalue weighted by Gasteiger charge is -2.18. The van der Waals surface area contributed by atoms with Crippen LogP contribution in [0.2, 0.25) is 0 Å². The van der Waals surface area contributed by atoms with E-state index in [4.69, 9.17) is 9.84 Å². The van der Waals surface area contributed by atoms with Crippen LogP contribution in [0.4, 0.5) is 0 Å². The lowest BCUT2D eigenvalue weighted by molar-refractivity contribution is -0.150. The molecular formula is C36H60O4. The molecule has 1 unspecified atom stereocenters. The first-order chi connectivity index (χ1) is 19.6. The quantitative estimate of drug-likeness (QED) is 0.0591. The van der Waals surface area contributed by atoms with Crippen molar-refractivity contribution in [2.45, 2.75) is 155 Å². The molecule has 0 saturated heterocycles. The van der Waals surface area contributed by atoms with Gasteiger partial charge in [-0.05, 0) is 77.0 Å². The number of ether oxygens (including phenoxy) is 1. The number of carboxylic acid groups (broad SMARTS) is 1. The molecule has 0 spiro atoms. The maximum Gasteiger partial charge on any atom is 0.306 e. The first-order valence-electron chi connectivity index (χ1n) is 16.3. The molecule has 0 aliphatic heterocycles. The number of rotatable bonds is 28. The van der Waals surface area contributed by atoms with Crippen LogP contribution in [-0.2, 0) is 14.3 Å². The lowest BCUT2D eigenvalue weighted by atomic mass is 10.0. The van der Waals surface area contributed by atoms with Gasteiger partial charge in [-0.2, -0.15) is 0 Å². The summed E-state index contributed by atoms with van der Waals surface area (Å²) in [5, 5.41) is 8.74. The number of carbonyl (C=O) groups is 2. The van der Waals surface area contributed by atoms with Gasteiger partial charge in [0.2, 0.25) is 0 Å². The topological polar surface area (TPSA) is 63.6 Å². The van der Waals surface area contributed by atoms with E-state index in [0.29, 0.717) is 6.42 Å². The Kier molecular flexibility index (Phi) is 29.3. The highest BCUT2D eigenvalue weighted by atomic mass is 16.5. The van der Waals surface area contributed by atoms with Crippen LogP contribution >= 0.6 is 0 Å². The summed E-state index contributed by atoms with van der Waals surface area (Å²) in [6.45, 7) is 4.38. The highest BCUT2D eigenvalue weighted by molar-refractivity contribution is 5.69. The zero-order valence-electron chi connectivity index (χ0n) is 25.9. The maximum atomic E-state index is 12.5. The Balaban J connectivity index is 4.05. The molecule has 228 valence electrons. The van der Waals surface area contributed by atoms with Gasteiger partial charge < -0.3 is 9.84 Å². The van der Waals surface area contributed by atoms with E-state index in [1.165, 1.54) is 25.7 Å². The number of unbranched alkanes of at least 4 members (excludes halogenated alkanes) is 9. The van der Waals surface area contributed by atoms with Crippen LogP contribution in [0.5, 0.6) is 0 Å². The molecular weight excluding hydrogens is 496 g/mol. The zero-order chi connectivity index (χ0) is 29.4. The predicted octanol–water partition coefficient (Wildman–Crippen LogP) is 11.0. The number of hydrogen-bond acceptors (Lipinski definition) is 3. The minimum Gasteiger partial charge on any atom is -0.481 e. The third kappa shape index (κ3) is 30.2. The number of carbonyl (C=O) groups excluding carboxylic acids is 1. The van der Waals surface area contributed by atoms with Gasteiger partial charge in [-0.1, -0.05) is 120 Å². The third-order valence-electron chi connectivity index (χ3n) is 6.75. The number of carboxylic acids is 1. The predicted molar refractivity (Wildman–Crippen MR) is 172 cm³/mol. The van der Waals surface area contributed by atoms with Gasteiger partial charge in [0.05, 0.1) is 0 Å². The van der Waals surface area contributed by atoms with Crippen LogP contribution in [0.25, 0.3) is 0 Å². The van der Waals surface area contributed by atoms with Gasteiger partial charge in [-0.15, -0.1) is 0 Å². The average Bonchev–Trinajstić information content (AvgIpc) is 2.93. The van der Waals surface area contributed by atoms with Crippen molar-refractivity contribution in [1.29, 1.82) is 0 Å². The monoisotopic (exact) mass is 556 g/mol. The second-order valence-electron chi connectivity index (χ2n) is 10.6. The minimum absolute atomic E-state index is 0.0295. The molecule has 0 aliphatic rings. The average molecular weight is 557 g/mol. The summed E-state index contributed by atoms with van der Waals surface area (Å²) >= 11 is 0. The van der Waals surface area contributed by atoms with Crippen molar-refractivity contribution in [3.63, 3.8) is 0 Å². The van der Waals surface area contributed by atoms with E-state index in [0.717, 1.165) is 96.3 Å². The summed E-state index contributed by atoms with van der Waals surface area (Å²) in [5.41, 5.74) is 0. The summed E-state index contributed by atoms with van der Waals surface area (Å²) < 4.78 is 5.88. The van der Waals surface area contributed by atoms with E-state index in [1.807, 2.05) is 0 Å².